The van der Waals surface area contributed by atoms with Crippen molar-refractivity contribution in [2.75, 3.05) is 13.1 Å². The molecule has 0 heterocycles. The van der Waals surface area contributed by atoms with Crippen molar-refractivity contribution in [1.29, 1.82) is 0 Å². The molecule has 0 saturated carbocycles. The van der Waals surface area contributed by atoms with Crippen LogP contribution in [0, 0.1) is 11.8 Å². The van der Waals surface area contributed by atoms with Gasteiger partial charge in [-0.05, 0) is 38.8 Å². The van der Waals surface area contributed by atoms with E-state index in [0.29, 0.717) is 13.1 Å². The topological polar surface area (TPSA) is 138 Å². The Hall–Kier alpha value is -0.820. The Bertz CT molecular complexity index is 302. The minimum absolute atomic E-state index is 0. The third-order valence-corrected chi connectivity index (χ3v) is 3.81. The third kappa shape index (κ3) is 18.0. The van der Waals surface area contributed by atoms with Gasteiger partial charge in [0.25, 0.3) is 0 Å². The summed E-state index contributed by atoms with van der Waals surface area (Å²) in [6.45, 7) is 8.89. The smallest absolute Gasteiger partial charge is 0.152 e. The fraction of sp³-hybridized carbons (Fsp3) is 0.900. The van der Waals surface area contributed by atoms with Gasteiger partial charge in [-0.15, -0.1) is 0 Å². The first-order valence-electron chi connectivity index (χ1n) is 9.17. The zero-order chi connectivity index (χ0) is 19.1. The first kappa shape index (κ1) is 32.8. The average Bonchev–Trinajstić information content (AvgIpc) is 2.53. The maximum Gasteiger partial charge on any atom is 0.152 e. The predicted octanol–water partition coefficient (Wildman–Crippen LogP) is 2.61. The van der Waals surface area contributed by atoms with Gasteiger partial charge in [0.15, 0.2) is 11.6 Å². The number of ketones is 2. The molecule has 0 rings (SSSR count). The lowest BCUT2D eigenvalue weighted by atomic mass is 9.98. The Morgan fingerprint density at radius 1 is 0.654 bits per heavy atom. The molecule has 0 aliphatic heterocycles. The molecule has 0 saturated heterocycles. The summed E-state index contributed by atoms with van der Waals surface area (Å²) in [5.74, 6) is 0.426. The summed E-state index contributed by atoms with van der Waals surface area (Å²) in [6, 6.07) is -0.562. The molecule has 0 aromatic rings. The first-order chi connectivity index (χ1) is 11.2. The van der Waals surface area contributed by atoms with E-state index >= 15 is 0 Å². The van der Waals surface area contributed by atoms with Crippen LogP contribution in [0.1, 0.15) is 81.1 Å². The van der Waals surface area contributed by atoms with E-state index in [1.165, 1.54) is 0 Å². The summed E-state index contributed by atoms with van der Waals surface area (Å²) in [5, 5.41) is 0. The fourth-order valence-corrected chi connectivity index (χ4v) is 2.16. The van der Waals surface area contributed by atoms with Crippen LogP contribution in [0.3, 0.4) is 0 Å². The van der Waals surface area contributed by atoms with Crippen LogP contribution in [-0.2, 0) is 9.59 Å². The standard InChI is InChI=1S/2C9H20N2O.2CH4/c2*1-7(2)9(12)8(11)5-3-4-6-10;;/h2*7-8H,3-6,10-11H2,1-2H3;2*1H4/t2*8-;;/m10../s1. The number of carbonyl (C=O) groups is 2. The van der Waals surface area contributed by atoms with E-state index < -0.39 is 0 Å². The molecule has 0 aliphatic rings. The molecule has 160 valence electrons. The number of hydrogen-bond acceptors (Lipinski definition) is 6. The molecule has 6 nitrogen and oxygen atoms in total. The number of rotatable bonds is 12. The van der Waals surface area contributed by atoms with E-state index in [4.69, 9.17) is 22.9 Å². The number of Topliss-reactive ketones (excluding diaryl/α,β-unsaturated/α-hetero) is 2. The summed E-state index contributed by atoms with van der Waals surface area (Å²) in [6.07, 6.45) is 5.37. The van der Waals surface area contributed by atoms with E-state index in [2.05, 4.69) is 0 Å². The van der Waals surface area contributed by atoms with E-state index in [1.54, 1.807) is 0 Å². The maximum atomic E-state index is 11.3. The number of carbonyl (C=O) groups excluding carboxylic acids is 2. The molecule has 2 atom stereocenters. The fourth-order valence-electron chi connectivity index (χ4n) is 2.16. The molecular weight excluding hydrogens is 328 g/mol. The van der Waals surface area contributed by atoms with Crippen LogP contribution in [0.25, 0.3) is 0 Å². The van der Waals surface area contributed by atoms with Crippen LogP contribution >= 0.6 is 0 Å². The summed E-state index contributed by atoms with van der Waals surface area (Å²) in [5.41, 5.74) is 22.0. The second-order valence-corrected chi connectivity index (χ2v) is 6.90. The van der Waals surface area contributed by atoms with Crippen LogP contribution in [0.5, 0.6) is 0 Å². The molecule has 0 bridgehead atoms. The normalized spacial score (nSPS) is 12.4. The summed E-state index contributed by atoms with van der Waals surface area (Å²) in [7, 11) is 0. The van der Waals surface area contributed by atoms with E-state index in [1.807, 2.05) is 27.7 Å². The van der Waals surface area contributed by atoms with Gasteiger partial charge in [0, 0.05) is 11.8 Å². The van der Waals surface area contributed by atoms with Crippen molar-refractivity contribution in [3.63, 3.8) is 0 Å². The molecule has 0 aliphatic carbocycles. The van der Waals surface area contributed by atoms with Crippen LogP contribution in [-0.4, -0.2) is 36.7 Å². The van der Waals surface area contributed by atoms with Gasteiger partial charge in [-0.25, -0.2) is 0 Å². The minimum atomic E-state index is -0.281. The summed E-state index contributed by atoms with van der Waals surface area (Å²) < 4.78 is 0. The van der Waals surface area contributed by atoms with Gasteiger partial charge in [0.05, 0.1) is 12.1 Å². The zero-order valence-corrected chi connectivity index (χ0v) is 16.1. The van der Waals surface area contributed by atoms with Gasteiger partial charge < -0.3 is 22.9 Å². The lowest BCUT2D eigenvalue weighted by Gasteiger charge is -2.12. The highest BCUT2D eigenvalue weighted by Gasteiger charge is 2.16. The molecule has 8 N–H and O–H groups in total. The lowest BCUT2D eigenvalue weighted by molar-refractivity contribution is -0.124. The zero-order valence-electron chi connectivity index (χ0n) is 16.1. The Balaban J connectivity index is -0.000000173. The third-order valence-electron chi connectivity index (χ3n) is 3.81. The van der Waals surface area contributed by atoms with Crippen LogP contribution in [0.15, 0.2) is 0 Å². The van der Waals surface area contributed by atoms with Crippen LogP contribution in [0.2, 0.25) is 0 Å². The Labute approximate surface area is 162 Å². The van der Waals surface area contributed by atoms with Crippen molar-refractivity contribution in [2.24, 2.45) is 34.8 Å². The van der Waals surface area contributed by atoms with Crippen molar-refractivity contribution >= 4 is 11.6 Å². The summed E-state index contributed by atoms with van der Waals surface area (Å²) >= 11 is 0. The first-order valence-corrected chi connectivity index (χ1v) is 9.17. The average molecular weight is 377 g/mol. The molecule has 0 fully saturated rings. The van der Waals surface area contributed by atoms with Gasteiger partial charge in [-0.2, -0.15) is 0 Å². The molecule has 0 unspecified atom stereocenters. The van der Waals surface area contributed by atoms with Crippen molar-refractivity contribution in [3.05, 3.63) is 0 Å². The molecule has 0 amide bonds. The highest BCUT2D eigenvalue weighted by atomic mass is 16.1. The molecule has 0 spiro atoms. The van der Waals surface area contributed by atoms with Gasteiger partial charge in [0.1, 0.15) is 0 Å². The Morgan fingerprint density at radius 3 is 1.12 bits per heavy atom. The van der Waals surface area contributed by atoms with Gasteiger partial charge in [0.2, 0.25) is 0 Å². The molecule has 0 radical (unpaired) electrons. The molecule has 0 aromatic carbocycles. The Morgan fingerprint density at radius 2 is 0.923 bits per heavy atom. The minimum Gasteiger partial charge on any atom is -0.330 e. The second kappa shape index (κ2) is 20.5. The van der Waals surface area contributed by atoms with Crippen molar-refractivity contribution < 1.29 is 9.59 Å². The molecule has 6 heteroatoms. The maximum absolute atomic E-state index is 11.3. The number of unbranched alkanes of at least 4 members (excludes halogenated alkanes) is 2. The predicted molar refractivity (Wildman–Crippen MR) is 115 cm³/mol. The monoisotopic (exact) mass is 376 g/mol. The Kier molecular flexibility index (Phi) is 25.9. The van der Waals surface area contributed by atoms with Crippen LogP contribution in [0.4, 0.5) is 0 Å². The lowest BCUT2D eigenvalue weighted by Crippen LogP contribution is -2.33. The highest BCUT2D eigenvalue weighted by Crippen LogP contribution is 2.05. The van der Waals surface area contributed by atoms with E-state index in [9.17, 15) is 9.59 Å². The highest BCUT2D eigenvalue weighted by molar-refractivity contribution is 5.85. The largest absolute Gasteiger partial charge is 0.330 e. The van der Waals surface area contributed by atoms with Crippen LogP contribution < -0.4 is 22.9 Å². The quantitative estimate of drug-likeness (QED) is 0.386. The molecular formula is C20H48N4O2. The van der Waals surface area contributed by atoms with E-state index in [0.717, 1.165) is 38.5 Å². The second-order valence-electron chi connectivity index (χ2n) is 6.90. The number of hydrogen-bond donors (Lipinski definition) is 4. The summed E-state index contributed by atoms with van der Waals surface area (Å²) in [4.78, 5) is 22.6. The van der Waals surface area contributed by atoms with Crippen molar-refractivity contribution in [2.45, 2.75) is 93.2 Å². The molecule has 0 aromatic heterocycles. The van der Waals surface area contributed by atoms with Crippen molar-refractivity contribution in [1.82, 2.24) is 0 Å². The molecule has 26 heavy (non-hydrogen) atoms. The van der Waals surface area contributed by atoms with Crippen molar-refractivity contribution in [3.8, 4) is 0 Å². The number of nitrogens with two attached hydrogens (primary N) is 4. The van der Waals surface area contributed by atoms with E-state index in [-0.39, 0.29) is 50.3 Å². The van der Waals surface area contributed by atoms with Gasteiger partial charge >= 0.3 is 0 Å². The van der Waals surface area contributed by atoms with Gasteiger partial charge in [-0.1, -0.05) is 55.4 Å². The SMILES string of the molecule is C.C.CC(C)C(=O)[C@@H](N)CCCCN.CC(C)C(=O)[C@H](N)CCCCN. The van der Waals surface area contributed by atoms with Gasteiger partial charge in [-0.3, -0.25) is 9.59 Å².